The van der Waals surface area contributed by atoms with Crippen molar-refractivity contribution >= 4 is 27.8 Å². The Morgan fingerprint density at radius 2 is 2.00 bits per heavy atom. The highest BCUT2D eigenvalue weighted by Crippen LogP contribution is 2.16. The molecule has 0 spiro atoms. The quantitative estimate of drug-likeness (QED) is 0.665. The summed E-state index contributed by atoms with van der Waals surface area (Å²) in [7, 11) is 0. The molecule has 104 valence electrons. The number of nitrogens with two attached hydrogens (primary N) is 1. The monoisotopic (exact) mass is 328 g/mol. The van der Waals surface area contributed by atoms with E-state index in [1.54, 1.807) is 24.3 Å². The van der Waals surface area contributed by atoms with Crippen molar-refractivity contribution in [1.82, 2.24) is 5.32 Å². The lowest BCUT2D eigenvalue weighted by atomic mass is 10.1. The molecule has 4 N–H and O–H groups in total. The van der Waals surface area contributed by atoms with Gasteiger partial charge in [-0.3, -0.25) is 4.79 Å². The maximum atomic E-state index is 12.0. The first-order chi connectivity index (χ1) is 9.06. The molecule has 0 saturated carbocycles. The number of carbonyl (C=O) groups excluding carboxylic acids is 1. The Kier molecular flexibility index (Phi) is 6.52. The van der Waals surface area contributed by atoms with Crippen LogP contribution in [0.25, 0.3) is 0 Å². The van der Waals surface area contributed by atoms with Gasteiger partial charge in [-0.15, -0.1) is 0 Å². The summed E-state index contributed by atoms with van der Waals surface area (Å²) in [6.07, 6.45) is 1.79. The predicted octanol–water partition coefficient (Wildman–Crippen LogP) is 1.76. The average Bonchev–Trinajstić information content (AvgIpc) is 2.38. The minimum absolute atomic E-state index is 0.378. The number of aliphatic carboxylic acids is 1. The van der Waals surface area contributed by atoms with E-state index < -0.39 is 17.9 Å². The molecule has 0 saturated heterocycles. The van der Waals surface area contributed by atoms with Gasteiger partial charge in [-0.1, -0.05) is 12.1 Å². The van der Waals surface area contributed by atoms with E-state index in [0.717, 1.165) is 6.42 Å². The van der Waals surface area contributed by atoms with Crippen molar-refractivity contribution in [2.75, 3.05) is 6.54 Å². The van der Waals surface area contributed by atoms with Crippen LogP contribution in [0.1, 0.15) is 29.6 Å². The highest BCUT2D eigenvalue weighted by Gasteiger charge is 2.20. The number of rotatable bonds is 7. The largest absolute Gasteiger partial charge is 0.480 e. The summed E-state index contributed by atoms with van der Waals surface area (Å²) in [5.41, 5.74) is 5.79. The third-order valence-corrected chi connectivity index (χ3v) is 3.36. The number of hydrogen-bond acceptors (Lipinski definition) is 3. The van der Waals surface area contributed by atoms with Crippen molar-refractivity contribution in [1.29, 1.82) is 0 Å². The minimum Gasteiger partial charge on any atom is -0.480 e. The highest BCUT2D eigenvalue weighted by molar-refractivity contribution is 9.10. The van der Waals surface area contributed by atoms with E-state index in [1.165, 1.54) is 0 Å². The van der Waals surface area contributed by atoms with Crippen LogP contribution in [0.2, 0.25) is 0 Å². The smallest absolute Gasteiger partial charge is 0.326 e. The predicted molar refractivity (Wildman–Crippen MR) is 75.9 cm³/mol. The van der Waals surface area contributed by atoms with Crippen LogP contribution in [-0.4, -0.2) is 29.6 Å². The zero-order valence-electron chi connectivity index (χ0n) is 10.4. The van der Waals surface area contributed by atoms with Gasteiger partial charge in [0, 0.05) is 4.47 Å². The molecule has 0 aliphatic rings. The molecule has 0 aromatic heterocycles. The fourth-order valence-electron chi connectivity index (χ4n) is 1.63. The lowest BCUT2D eigenvalue weighted by molar-refractivity contribution is -0.139. The summed E-state index contributed by atoms with van der Waals surface area (Å²) in [5, 5.41) is 11.6. The number of benzene rings is 1. The van der Waals surface area contributed by atoms with Crippen molar-refractivity contribution in [3.05, 3.63) is 34.3 Å². The van der Waals surface area contributed by atoms with Gasteiger partial charge in [0.05, 0.1) is 5.56 Å². The number of hydrogen-bond donors (Lipinski definition) is 3. The van der Waals surface area contributed by atoms with Crippen LogP contribution in [0.15, 0.2) is 28.7 Å². The summed E-state index contributed by atoms with van der Waals surface area (Å²) >= 11 is 3.26. The summed E-state index contributed by atoms with van der Waals surface area (Å²) in [4.78, 5) is 23.1. The second-order valence-corrected chi connectivity index (χ2v) is 4.98. The molecule has 5 nitrogen and oxygen atoms in total. The van der Waals surface area contributed by atoms with Crippen LogP contribution in [-0.2, 0) is 4.79 Å². The molecule has 0 fully saturated rings. The lowest BCUT2D eigenvalue weighted by Gasteiger charge is -2.14. The van der Waals surface area contributed by atoms with Crippen LogP contribution in [0.4, 0.5) is 0 Å². The standard InChI is InChI=1S/C13H17BrN2O3/c14-10-6-2-1-5-9(10)12(17)16-11(13(18)19)7-3-4-8-15/h1-2,5-6,11H,3-4,7-8,15H2,(H,16,17)(H,18,19)/t11-/m0/s1. The SMILES string of the molecule is NCCCC[C@H](NC(=O)c1ccccc1Br)C(=O)O. The molecule has 0 aliphatic heterocycles. The van der Waals surface area contributed by atoms with E-state index in [1.807, 2.05) is 0 Å². The van der Waals surface area contributed by atoms with E-state index in [9.17, 15) is 9.59 Å². The van der Waals surface area contributed by atoms with Gasteiger partial charge in [0.25, 0.3) is 5.91 Å². The Balaban J connectivity index is 2.66. The van der Waals surface area contributed by atoms with Crippen molar-refractivity contribution in [2.24, 2.45) is 5.73 Å². The molecule has 0 heterocycles. The fraction of sp³-hybridized carbons (Fsp3) is 0.385. The molecule has 0 aliphatic carbocycles. The van der Waals surface area contributed by atoms with Crippen LogP contribution < -0.4 is 11.1 Å². The van der Waals surface area contributed by atoms with Crippen LogP contribution >= 0.6 is 15.9 Å². The van der Waals surface area contributed by atoms with Crippen molar-refractivity contribution in [3.63, 3.8) is 0 Å². The summed E-state index contributed by atoms with van der Waals surface area (Å²) in [5.74, 6) is -1.43. The number of carboxylic acid groups (broad SMARTS) is 1. The second-order valence-electron chi connectivity index (χ2n) is 4.13. The van der Waals surface area contributed by atoms with E-state index >= 15 is 0 Å². The number of amides is 1. The van der Waals surface area contributed by atoms with Gasteiger partial charge in [0.15, 0.2) is 0 Å². The number of carboxylic acids is 1. The molecular formula is C13H17BrN2O3. The average molecular weight is 329 g/mol. The summed E-state index contributed by atoms with van der Waals surface area (Å²) in [6, 6.07) is 6.00. The van der Waals surface area contributed by atoms with Crippen LogP contribution in [0.5, 0.6) is 0 Å². The normalized spacial score (nSPS) is 11.9. The van der Waals surface area contributed by atoms with E-state index in [-0.39, 0.29) is 0 Å². The van der Waals surface area contributed by atoms with Crippen molar-refractivity contribution in [2.45, 2.75) is 25.3 Å². The molecule has 0 radical (unpaired) electrons. The number of carbonyl (C=O) groups is 2. The summed E-state index contributed by atoms with van der Waals surface area (Å²) in [6.45, 7) is 0.518. The zero-order valence-corrected chi connectivity index (χ0v) is 12.0. The summed E-state index contributed by atoms with van der Waals surface area (Å²) < 4.78 is 0.638. The Morgan fingerprint density at radius 1 is 1.32 bits per heavy atom. The fourth-order valence-corrected chi connectivity index (χ4v) is 2.10. The van der Waals surface area contributed by atoms with Gasteiger partial charge in [-0.05, 0) is 53.9 Å². The van der Waals surface area contributed by atoms with Gasteiger partial charge in [-0.2, -0.15) is 0 Å². The topological polar surface area (TPSA) is 92.4 Å². The van der Waals surface area contributed by atoms with E-state index in [2.05, 4.69) is 21.2 Å². The molecule has 1 atom stereocenters. The van der Waals surface area contributed by atoms with Crippen LogP contribution in [0.3, 0.4) is 0 Å². The zero-order chi connectivity index (χ0) is 14.3. The maximum Gasteiger partial charge on any atom is 0.326 e. The van der Waals surface area contributed by atoms with Crippen molar-refractivity contribution < 1.29 is 14.7 Å². The molecule has 1 aromatic rings. The van der Waals surface area contributed by atoms with E-state index in [0.29, 0.717) is 29.4 Å². The molecule has 1 rings (SSSR count). The van der Waals surface area contributed by atoms with E-state index in [4.69, 9.17) is 10.8 Å². The first-order valence-electron chi connectivity index (χ1n) is 6.04. The molecular weight excluding hydrogens is 312 g/mol. The number of halogens is 1. The minimum atomic E-state index is -1.03. The maximum absolute atomic E-state index is 12.0. The van der Waals surface area contributed by atoms with Gasteiger partial charge in [0.2, 0.25) is 0 Å². The molecule has 0 bridgehead atoms. The van der Waals surface area contributed by atoms with Crippen molar-refractivity contribution in [3.8, 4) is 0 Å². The second kappa shape index (κ2) is 7.91. The van der Waals surface area contributed by atoms with Crippen LogP contribution in [0, 0.1) is 0 Å². The molecule has 0 unspecified atom stereocenters. The third kappa shape index (κ3) is 5.00. The number of unbranched alkanes of at least 4 members (excludes halogenated alkanes) is 1. The number of nitrogens with one attached hydrogen (secondary N) is 1. The lowest BCUT2D eigenvalue weighted by Crippen LogP contribution is -2.40. The third-order valence-electron chi connectivity index (χ3n) is 2.67. The molecule has 19 heavy (non-hydrogen) atoms. The Hall–Kier alpha value is -1.40. The Bertz CT molecular complexity index is 451. The first-order valence-corrected chi connectivity index (χ1v) is 6.84. The molecule has 6 heteroatoms. The highest BCUT2D eigenvalue weighted by atomic mass is 79.9. The first kappa shape index (κ1) is 15.7. The Labute approximate surface area is 120 Å². The van der Waals surface area contributed by atoms with Gasteiger partial charge >= 0.3 is 5.97 Å². The molecule has 1 amide bonds. The van der Waals surface area contributed by atoms with Gasteiger partial charge in [0.1, 0.15) is 6.04 Å². The van der Waals surface area contributed by atoms with Gasteiger partial charge < -0.3 is 16.2 Å². The van der Waals surface area contributed by atoms with Gasteiger partial charge in [-0.25, -0.2) is 4.79 Å². The Morgan fingerprint density at radius 3 is 2.58 bits per heavy atom. The molecule has 1 aromatic carbocycles.